The van der Waals surface area contributed by atoms with Gasteiger partial charge < -0.3 is 20.4 Å². The van der Waals surface area contributed by atoms with Gasteiger partial charge in [-0.25, -0.2) is 4.79 Å². The molecule has 12 heavy (non-hydrogen) atoms. The summed E-state index contributed by atoms with van der Waals surface area (Å²) in [7, 11) is 3.71. The summed E-state index contributed by atoms with van der Waals surface area (Å²) in [6.45, 7) is 0.853. The van der Waals surface area contributed by atoms with Gasteiger partial charge >= 0.3 is 6.09 Å². The third-order valence-corrected chi connectivity index (χ3v) is 1.33. The highest BCUT2D eigenvalue weighted by molar-refractivity contribution is 5.64. The normalized spacial score (nSPS) is 13.0. The number of aliphatic hydroxyl groups is 1. The highest BCUT2D eigenvalue weighted by Gasteiger charge is 2.05. The van der Waals surface area contributed by atoms with Crippen LogP contribution < -0.4 is 5.32 Å². The molecule has 0 saturated carbocycles. The van der Waals surface area contributed by atoms with E-state index in [0.717, 1.165) is 0 Å². The minimum atomic E-state index is -1.05. The topological polar surface area (TPSA) is 72.8 Å². The van der Waals surface area contributed by atoms with Gasteiger partial charge in [0.25, 0.3) is 0 Å². The Kier molecular flexibility index (Phi) is 5.40. The zero-order valence-corrected chi connectivity index (χ0v) is 7.45. The second-order valence-corrected chi connectivity index (χ2v) is 2.94. The molecule has 0 aliphatic rings. The summed E-state index contributed by atoms with van der Waals surface area (Å²) >= 11 is 0. The maximum absolute atomic E-state index is 10.00. The number of hydrogen-bond acceptors (Lipinski definition) is 3. The molecule has 0 aromatic rings. The lowest BCUT2D eigenvalue weighted by Gasteiger charge is -2.15. The average molecular weight is 176 g/mol. The fraction of sp³-hybridized carbons (Fsp3) is 0.857. The Bertz CT molecular complexity index is 139. The number of amides is 1. The number of carboxylic acid groups (broad SMARTS) is 1. The van der Waals surface area contributed by atoms with Crippen LogP contribution in [0.3, 0.4) is 0 Å². The van der Waals surface area contributed by atoms with Crippen LogP contribution in [0.5, 0.6) is 0 Å². The lowest BCUT2D eigenvalue weighted by molar-refractivity contribution is 0.127. The van der Waals surface area contributed by atoms with Gasteiger partial charge in [0.15, 0.2) is 0 Å². The van der Waals surface area contributed by atoms with Gasteiger partial charge in [0.05, 0.1) is 6.10 Å². The summed E-state index contributed by atoms with van der Waals surface area (Å²) in [5, 5.41) is 19.7. The molecule has 0 saturated heterocycles. The van der Waals surface area contributed by atoms with Crippen molar-refractivity contribution in [2.75, 3.05) is 27.2 Å². The summed E-state index contributed by atoms with van der Waals surface area (Å²) in [5.41, 5.74) is 0. The number of carbonyl (C=O) groups is 1. The molecular weight excluding hydrogens is 160 g/mol. The van der Waals surface area contributed by atoms with Crippen LogP contribution >= 0.6 is 0 Å². The van der Waals surface area contributed by atoms with E-state index in [9.17, 15) is 9.90 Å². The van der Waals surface area contributed by atoms with E-state index in [1.54, 1.807) is 0 Å². The maximum Gasteiger partial charge on any atom is 0.404 e. The van der Waals surface area contributed by atoms with E-state index in [0.29, 0.717) is 19.5 Å². The fourth-order valence-electron chi connectivity index (χ4n) is 0.858. The third kappa shape index (κ3) is 7.30. The van der Waals surface area contributed by atoms with Gasteiger partial charge in [-0.1, -0.05) is 0 Å². The van der Waals surface area contributed by atoms with E-state index in [4.69, 9.17) is 5.11 Å². The van der Waals surface area contributed by atoms with Gasteiger partial charge in [-0.3, -0.25) is 0 Å². The molecule has 0 aromatic carbocycles. The fourth-order valence-corrected chi connectivity index (χ4v) is 0.858. The summed E-state index contributed by atoms with van der Waals surface area (Å²) in [6, 6.07) is 0. The Labute approximate surface area is 72.0 Å². The molecule has 0 aliphatic carbocycles. The van der Waals surface area contributed by atoms with E-state index in [1.165, 1.54) is 0 Å². The standard InChI is InChI=1S/C7H16N2O3/c1-9(2)5-6(10)3-4-8-7(11)12/h6,8,10H,3-5H2,1-2H3,(H,11,12). The highest BCUT2D eigenvalue weighted by atomic mass is 16.4. The molecule has 72 valence electrons. The molecular formula is C7H16N2O3. The highest BCUT2D eigenvalue weighted by Crippen LogP contribution is 1.91. The van der Waals surface area contributed by atoms with Crippen LogP contribution in [-0.4, -0.2) is 54.5 Å². The van der Waals surface area contributed by atoms with Crippen LogP contribution in [-0.2, 0) is 0 Å². The minimum absolute atomic E-state index is 0.296. The van der Waals surface area contributed by atoms with Crippen LogP contribution in [0.1, 0.15) is 6.42 Å². The number of hydrogen-bond donors (Lipinski definition) is 3. The largest absolute Gasteiger partial charge is 0.465 e. The second-order valence-electron chi connectivity index (χ2n) is 2.94. The lowest BCUT2D eigenvalue weighted by atomic mass is 10.2. The Morgan fingerprint density at radius 2 is 2.17 bits per heavy atom. The summed E-state index contributed by atoms with van der Waals surface area (Å²) in [6.07, 6.45) is -1.07. The van der Waals surface area contributed by atoms with Gasteiger partial charge in [-0.05, 0) is 20.5 Å². The number of aliphatic hydroxyl groups excluding tert-OH is 1. The first-order chi connectivity index (χ1) is 5.52. The zero-order valence-electron chi connectivity index (χ0n) is 7.45. The Hall–Kier alpha value is -0.810. The Morgan fingerprint density at radius 3 is 2.58 bits per heavy atom. The maximum atomic E-state index is 10.00. The smallest absolute Gasteiger partial charge is 0.404 e. The first kappa shape index (κ1) is 11.2. The number of nitrogens with zero attached hydrogens (tertiary/aromatic N) is 1. The Morgan fingerprint density at radius 1 is 1.58 bits per heavy atom. The van der Waals surface area contributed by atoms with Crippen LogP contribution in [0.2, 0.25) is 0 Å². The molecule has 1 unspecified atom stereocenters. The van der Waals surface area contributed by atoms with Crippen molar-refractivity contribution in [2.45, 2.75) is 12.5 Å². The molecule has 5 nitrogen and oxygen atoms in total. The summed E-state index contributed by atoms with van der Waals surface area (Å²) < 4.78 is 0. The molecule has 0 radical (unpaired) electrons. The van der Waals surface area contributed by atoms with Crippen LogP contribution in [0.4, 0.5) is 4.79 Å². The predicted octanol–water partition coefficient (Wildman–Crippen LogP) is -0.433. The molecule has 0 aliphatic heterocycles. The summed E-state index contributed by atoms with van der Waals surface area (Å²) in [4.78, 5) is 11.9. The molecule has 0 spiro atoms. The van der Waals surface area contributed by atoms with Crippen molar-refractivity contribution in [3.05, 3.63) is 0 Å². The van der Waals surface area contributed by atoms with Crippen molar-refractivity contribution in [3.8, 4) is 0 Å². The first-order valence-electron chi connectivity index (χ1n) is 3.82. The van der Waals surface area contributed by atoms with Crippen molar-refractivity contribution < 1.29 is 15.0 Å². The number of nitrogens with one attached hydrogen (secondary N) is 1. The van der Waals surface area contributed by atoms with Crippen molar-refractivity contribution >= 4 is 6.09 Å². The zero-order chi connectivity index (χ0) is 9.56. The molecule has 0 heterocycles. The van der Waals surface area contributed by atoms with Gasteiger partial charge in [0.2, 0.25) is 0 Å². The van der Waals surface area contributed by atoms with Crippen molar-refractivity contribution in [1.29, 1.82) is 0 Å². The van der Waals surface area contributed by atoms with E-state index in [2.05, 4.69) is 5.32 Å². The van der Waals surface area contributed by atoms with E-state index >= 15 is 0 Å². The Balaban J connectivity index is 3.31. The predicted molar refractivity (Wildman–Crippen MR) is 45.2 cm³/mol. The number of rotatable bonds is 5. The quantitative estimate of drug-likeness (QED) is 0.531. The monoisotopic (exact) mass is 176 g/mol. The minimum Gasteiger partial charge on any atom is -0.465 e. The van der Waals surface area contributed by atoms with Crippen LogP contribution in [0, 0.1) is 0 Å². The van der Waals surface area contributed by atoms with E-state index < -0.39 is 12.2 Å². The molecule has 1 atom stereocenters. The summed E-state index contributed by atoms with van der Waals surface area (Å²) in [5.74, 6) is 0. The van der Waals surface area contributed by atoms with Gasteiger partial charge in [0, 0.05) is 13.1 Å². The molecule has 0 rings (SSSR count). The van der Waals surface area contributed by atoms with Crippen molar-refractivity contribution in [1.82, 2.24) is 10.2 Å². The van der Waals surface area contributed by atoms with Gasteiger partial charge in [-0.15, -0.1) is 0 Å². The van der Waals surface area contributed by atoms with Crippen LogP contribution in [0.15, 0.2) is 0 Å². The second kappa shape index (κ2) is 5.79. The molecule has 0 aromatic heterocycles. The molecule has 3 N–H and O–H groups in total. The van der Waals surface area contributed by atoms with E-state index in [1.807, 2.05) is 19.0 Å². The van der Waals surface area contributed by atoms with Crippen molar-refractivity contribution in [3.63, 3.8) is 0 Å². The first-order valence-corrected chi connectivity index (χ1v) is 3.82. The molecule has 0 bridgehead atoms. The van der Waals surface area contributed by atoms with Crippen molar-refractivity contribution in [2.24, 2.45) is 0 Å². The molecule has 5 heteroatoms. The van der Waals surface area contributed by atoms with E-state index in [-0.39, 0.29) is 0 Å². The average Bonchev–Trinajstić information content (AvgIpc) is 1.84. The molecule has 1 amide bonds. The SMILES string of the molecule is CN(C)CC(O)CCNC(=O)O. The lowest BCUT2D eigenvalue weighted by Crippen LogP contribution is -2.30. The molecule has 0 fully saturated rings. The van der Waals surface area contributed by atoms with Gasteiger partial charge in [0.1, 0.15) is 0 Å². The van der Waals surface area contributed by atoms with Crippen LogP contribution in [0.25, 0.3) is 0 Å². The van der Waals surface area contributed by atoms with Gasteiger partial charge in [-0.2, -0.15) is 0 Å². The number of likely N-dealkylation sites (N-methyl/N-ethyl adjacent to an activating group) is 1. The third-order valence-electron chi connectivity index (χ3n) is 1.33.